The number of ether oxygens (including phenoxy) is 2. The third-order valence-electron chi connectivity index (χ3n) is 3.31. The van der Waals surface area contributed by atoms with Gasteiger partial charge in [-0.1, -0.05) is 23.7 Å². The van der Waals surface area contributed by atoms with E-state index in [2.05, 4.69) is 0 Å². The quantitative estimate of drug-likeness (QED) is 0.779. The summed E-state index contributed by atoms with van der Waals surface area (Å²) in [6, 6.07) is 9.64. The molecule has 1 unspecified atom stereocenters. The van der Waals surface area contributed by atoms with E-state index < -0.39 is 27.9 Å². The minimum Gasteiger partial charge on any atom is -0.485 e. The Morgan fingerprint density at radius 3 is 2.64 bits per heavy atom. The van der Waals surface area contributed by atoms with Gasteiger partial charge in [0.15, 0.2) is 11.5 Å². The highest BCUT2D eigenvalue weighted by atomic mass is 35.5. The Kier molecular flexibility index (Phi) is 4.80. The van der Waals surface area contributed by atoms with Gasteiger partial charge in [-0.25, -0.2) is 12.8 Å². The number of benzene rings is 2. The largest absolute Gasteiger partial charge is 0.485 e. The van der Waals surface area contributed by atoms with Crippen LogP contribution in [0.1, 0.15) is 0 Å². The number of fused-ring (bicyclic) bond motifs is 1. The van der Waals surface area contributed by atoms with Crippen LogP contribution in [-0.2, 0) is 14.8 Å². The SMILES string of the molecule is O=C(NNS(=O)(=O)c1ccc(F)c(Cl)c1)C1COc2ccccc2O1. The van der Waals surface area contributed by atoms with Gasteiger partial charge in [0, 0.05) is 0 Å². The Labute approximate surface area is 147 Å². The first-order chi connectivity index (χ1) is 11.9. The number of carbonyl (C=O) groups excluding carboxylic acids is 1. The molecule has 2 N–H and O–H groups in total. The van der Waals surface area contributed by atoms with E-state index in [9.17, 15) is 17.6 Å². The summed E-state index contributed by atoms with van der Waals surface area (Å²) in [4.78, 5) is 13.7. The number of halogens is 2. The number of para-hydroxylation sites is 2. The third-order valence-corrected chi connectivity index (χ3v) is 4.85. The van der Waals surface area contributed by atoms with Crippen molar-refractivity contribution >= 4 is 27.5 Å². The Morgan fingerprint density at radius 1 is 1.20 bits per heavy atom. The lowest BCUT2D eigenvalue weighted by molar-refractivity contribution is -0.130. The Bertz CT molecular complexity index is 922. The van der Waals surface area contributed by atoms with Gasteiger partial charge < -0.3 is 9.47 Å². The molecule has 132 valence electrons. The molecule has 1 heterocycles. The average molecular weight is 387 g/mol. The molecule has 0 spiro atoms. The second kappa shape index (κ2) is 6.87. The third kappa shape index (κ3) is 3.84. The van der Waals surface area contributed by atoms with E-state index in [4.69, 9.17) is 21.1 Å². The first-order valence-corrected chi connectivity index (χ1v) is 8.88. The summed E-state index contributed by atoms with van der Waals surface area (Å²) in [5.41, 5.74) is 2.04. The number of nitrogens with one attached hydrogen (secondary N) is 2. The predicted octanol–water partition coefficient (Wildman–Crippen LogP) is 1.63. The zero-order valence-electron chi connectivity index (χ0n) is 12.5. The summed E-state index contributed by atoms with van der Waals surface area (Å²) >= 11 is 5.56. The molecule has 7 nitrogen and oxygen atoms in total. The molecule has 0 bridgehead atoms. The second-order valence-electron chi connectivity index (χ2n) is 5.03. The maximum absolute atomic E-state index is 13.1. The minimum atomic E-state index is -4.12. The molecule has 1 amide bonds. The number of hydrogen-bond donors (Lipinski definition) is 2. The van der Waals surface area contributed by atoms with Crippen LogP contribution >= 0.6 is 11.6 Å². The van der Waals surface area contributed by atoms with Crippen molar-refractivity contribution in [1.29, 1.82) is 0 Å². The Hall–Kier alpha value is -2.36. The number of carbonyl (C=O) groups is 1. The van der Waals surface area contributed by atoms with Crippen LogP contribution in [0.3, 0.4) is 0 Å². The highest BCUT2D eigenvalue weighted by molar-refractivity contribution is 7.89. The average Bonchev–Trinajstić information content (AvgIpc) is 2.61. The molecule has 1 aliphatic rings. The molecule has 3 rings (SSSR count). The molecule has 0 aliphatic carbocycles. The van der Waals surface area contributed by atoms with Gasteiger partial charge in [-0.3, -0.25) is 10.2 Å². The van der Waals surface area contributed by atoms with Crippen molar-refractivity contribution in [2.75, 3.05) is 6.61 Å². The molecule has 0 fully saturated rings. The highest BCUT2D eigenvalue weighted by Crippen LogP contribution is 2.30. The molecule has 2 aromatic carbocycles. The van der Waals surface area contributed by atoms with Crippen LogP contribution in [0.25, 0.3) is 0 Å². The summed E-state index contributed by atoms with van der Waals surface area (Å²) < 4.78 is 48.2. The minimum absolute atomic E-state index is 0.0764. The van der Waals surface area contributed by atoms with Crippen molar-refractivity contribution in [2.24, 2.45) is 0 Å². The molecule has 0 saturated carbocycles. The molecule has 1 atom stereocenters. The van der Waals surface area contributed by atoms with Crippen molar-refractivity contribution < 1.29 is 27.1 Å². The Morgan fingerprint density at radius 2 is 1.92 bits per heavy atom. The lowest BCUT2D eigenvalue weighted by atomic mass is 10.2. The van der Waals surface area contributed by atoms with Gasteiger partial charge in [0.25, 0.3) is 15.9 Å². The molecule has 25 heavy (non-hydrogen) atoms. The fourth-order valence-electron chi connectivity index (χ4n) is 2.05. The second-order valence-corrected chi connectivity index (χ2v) is 7.12. The van der Waals surface area contributed by atoms with Crippen molar-refractivity contribution in [3.63, 3.8) is 0 Å². The van der Waals surface area contributed by atoms with Gasteiger partial charge in [0.1, 0.15) is 12.4 Å². The van der Waals surface area contributed by atoms with E-state index >= 15 is 0 Å². The first kappa shape index (κ1) is 17.5. The lowest BCUT2D eigenvalue weighted by Crippen LogP contribution is -2.50. The van der Waals surface area contributed by atoms with Crippen LogP contribution in [-0.4, -0.2) is 27.0 Å². The molecule has 0 radical (unpaired) electrons. The molecular formula is C15H12ClFN2O5S. The Balaban J connectivity index is 1.65. The predicted molar refractivity (Wildman–Crippen MR) is 86.2 cm³/mol. The monoisotopic (exact) mass is 386 g/mol. The van der Waals surface area contributed by atoms with E-state index in [0.29, 0.717) is 11.5 Å². The molecule has 10 heteroatoms. The van der Waals surface area contributed by atoms with Crippen LogP contribution in [0, 0.1) is 5.82 Å². The number of sulfonamides is 1. The van der Waals surface area contributed by atoms with Crippen molar-refractivity contribution in [3.05, 3.63) is 53.3 Å². The van der Waals surface area contributed by atoms with Gasteiger partial charge in [-0.2, -0.15) is 0 Å². The van der Waals surface area contributed by atoms with Crippen molar-refractivity contribution in [3.8, 4) is 11.5 Å². The summed E-state index contributed by atoms with van der Waals surface area (Å²) in [5, 5.41) is -0.352. The van der Waals surface area contributed by atoms with E-state index in [1.54, 1.807) is 24.3 Å². The number of rotatable bonds is 4. The zero-order chi connectivity index (χ0) is 18.0. The normalized spacial score (nSPS) is 16.3. The van der Waals surface area contributed by atoms with Crippen LogP contribution < -0.4 is 19.7 Å². The first-order valence-electron chi connectivity index (χ1n) is 7.02. The fraction of sp³-hybridized carbons (Fsp3) is 0.133. The van der Waals surface area contributed by atoms with Gasteiger partial charge in [0.05, 0.1) is 9.92 Å². The van der Waals surface area contributed by atoms with Gasteiger partial charge >= 0.3 is 0 Å². The van der Waals surface area contributed by atoms with Crippen LogP contribution in [0.4, 0.5) is 4.39 Å². The van der Waals surface area contributed by atoms with Crippen LogP contribution in [0.2, 0.25) is 5.02 Å². The summed E-state index contributed by atoms with van der Waals surface area (Å²) in [6.45, 7) is -0.0764. The topological polar surface area (TPSA) is 93.7 Å². The van der Waals surface area contributed by atoms with Gasteiger partial charge in [-0.15, -0.1) is 4.83 Å². The van der Waals surface area contributed by atoms with Crippen molar-refractivity contribution in [1.82, 2.24) is 10.3 Å². The van der Waals surface area contributed by atoms with E-state index in [0.717, 1.165) is 18.2 Å². The summed E-state index contributed by atoms with van der Waals surface area (Å²) in [5.74, 6) is -0.627. The molecule has 0 aromatic heterocycles. The highest BCUT2D eigenvalue weighted by Gasteiger charge is 2.28. The molecule has 2 aromatic rings. The maximum atomic E-state index is 13.1. The smallest absolute Gasteiger partial charge is 0.279 e. The van der Waals surface area contributed by atoms with Crippen molar-refractivity contribution in [2.45, 2.75) is 11.0 Å². The van der Waals surface area contributed by atoms with Crippen LogP contribution in [0.5, 0.6) is 11.5 Å². The molecule has 1 aliphatic heterocycles. The van der Waals surface area contributed by atoms with E-state index in [1.165, 1.54) is 0 Å². The number of hydrazine groups is 1. The molecular weight excluding hydrogens is 375 g/mol. The number of amides is 1. The lowest BCUT2D eigenvalue weighted by Gasteiger charge is -2.25. The van der Waals surface area contributed by atoms with E-state index in [1.807, 2.05) is 10.3 Å². The number of hydrogen-bond acceptors (Lipinski definition) is 5. The molecule has 0 saturated heterocycles. The summed E-state index contributed by atoms with van der Waals surface area (Å²) in [7, 11) is -4.12. The standard InChI is InChI=1S/C15H12ClFN2O5S/c16-10-7-9(5-6-11(10)17)25(21,22)19-18-15(20)14-8-23-12-3-1-2-4-13(12)24-14/h1-7,14,19H,8H2,(H,18,20). The maximum Gasteiger partial charge on any atom is 0.279 e. The summed E-state index contributed by atoms with van der Waals surface area (Å²) in [6.07, 6.45) is -1.03. The van der Waals surface area contributed by atoms with Gasteiger partial charge in [-0.05, 0) is 30.3 Å². The van der Waals surface area contributed by atoms with Crippen LogP contribution in [0.15, 0.2) is 47.4 Å². The van der Waals surface area contributed by atoms with E-state index in [-0.39, 0.29) is 16.5 Å². The van der Waals surface area contributed by atoms with Gasteiger partial charge in [0.2, 0.25) is 6.10 Å². The zero-order valence-corrected chi connectivity index (χ0v) is 14.1. The fourth-order valence-corrected chi connectivity index (χ4v) is 3.17.